The van der Waals surface area contributed by atoms with Gasteiger partial charge in [-0.2, -0.15) is 5.10 Å². The second-order valence-electron chi connectivity index (χ2n) is 26.3. The Hall–Kier alpha value is -8.20. The van der Waals surface area contributed by atoms with E-state index in [4.69, 9.17) is 0 Å². The minimum absolute atomic E-state index is 0.838. The van der Waals surface area contributed by atoms with Crippen molar-refractivity contribution in [3.63, 3.8) is 0 Å². The molecule has 7 heterocycles. The van der Waals surface area contributed by atoms with Crippen LogP contribution in [0.1, 0.15) is 169 Å². The Labute approximate surface area is 550 Å². The second kappa shape index (κ2) is 27.9. The Morgan fingerprint density at radius 3 is 0.641 bits per heavy atom. The average Bonchev–Trinajstić information content (AvgIpc) is 1.71. The van der Waals surface area contributed by atoms with Gasteiger partial charge in [0.15, 0.2) is 0 Å². The maximum absolute atomic E-state index is 4.64. The highest BCUT2D eigenvalue weighted by atomic mass is 15.3. The van der Waals surface area contributed by atoms with Crippen LogP contribution in [0.2, 0.25) is 0 Å². The molecule has 92 heavy (non-hydrogen) atoms. The zero-order chi connectivity index (χ0) is 69.8. The summed E-state index contributed by atoms with van der Waals surface area (Å²) >= 11 is 0. The van der Waals surface area contributed by atoms with Crippen LogP contribution in [-0.2, 0) is 49.3 Å². The van der Waals surface area contributed by atoms with Gasteiger partial charge in [-0.15, -0.1) is 10.2 Å². The standard InChI is InChI=1S/C15H21N.4C13H18N2.2C5H9N3/c1-8-9(2)11(4)15-14(10(8)3)12(5)13(6)16(15)7;4*1-7-8(2)10(4)13-12(9(7)3)14-11(5)15(13)6;1-4-6-7-5(2)8(4)3;1-4-6-5(2)8(3)7-4/h1-7H3;4*1-6H3;2*1-3H3. The Bertz CT molecular complexity index is 4310. The highest BCUT2D eigenvalue weighted by molar-refractivity contribution is 5.93. The van der Waals surface area contributed by atoms with Gasteiger partial charge in [-0.25, -0.2) is 24.9 Å². The van der Waals surface area contributed by atoms with Crippen LogP contribution in [0.25, 0.3) is 55.0 Å². The first kappa shape index (κ1) is 72.9. The molecule has 0 bridgehead atoms. The van der Waals surface area contributed by atoms with E-state index in [0.717, 1.165) is 68.7 Å². The topological polar surface area (TPSA) is 138 Å². The Kier molecular flexibility index (Phi) is 22.1. The van der Waals surface area contributed by atoms with Crippen molar-refractivity contribution >= 4 is 55.0 Å². The van der Waals surface area contributed by atoms with Crippen molar-refractivity contribution in [2.75, 3.05) is 0 Å². The number of imidazole rings is 4. The van der Waals surface area contributed by atoms with Crippen molar-refractivity contribution in [3.05, 3.63) is 169 Å². The molecule has 15 heteroatoms. The van der Waals surface area contributed by atoms with E-state index in [1.807, 2.05) is 46.4 Å². The maximum atomic E-state index is 4.64. The SMILES string of the molecule is Cc1c(C)c(C)c2c(c1C)c(C)c(C)n2C.Cc1c(C)c(C)c2c(nc(C)n2C)c1C.Cc1c(C)c(C)c2c(nc(C)n2C)c1C.Cc1c(C)c(C)c2c(nc(C)n2C)c1C.Cc1c(C)c(C)c2c(nc(C)n2C)c1C.Cc1nc(C)n(C)n1.Cc1nnc(C)n1C. The molecule has 0 atom stereocenters. The third-order valence-electron chi connectivity index (χ3n) is 21.7. The molecule has 0 aliphatic carbocycles. The molecule has 0 aliphatic heterocycles. The van der Waals surface area contributed by atoms with Crippen LogP contribution in [0, 0.1) is 208 Å². The van der Waals surface area contributed by atoms with Gasteiger partial charge in [-0.3, -0.25) is 4.68 Å². The first-order chi connectivity index (χ1) is 42.6. The van der Waals surface area contributed by atoms with Gasteiger partial charge in [-0.05, 0) is 325 Å². The highest BCUT2D eigenvalue weighted by Gasteiger charge is 2.20. The van der Waals surface area contributed by atoms with Gasteiger partial charge >= 0.3 is 0 Å². The summed E-state index contributed by atoms with van der Waals surface area (Å²) < 4.78 is 14.8. The molecule has 0 fully saturated rings. The van der Waals surface area contributed by atoms with Crippen LogP contribution in [-0.4, -0.2) is 72.3 Å². The van der Waals surface area contributed by atoms with Gasteiger partial charge < -0.3 is 27.4 Å². The molecular formula is C77H111N15. The number of benzene rings is 5. The predicted molar refractivity (Wildman–Crippen MR) is 390 cm³/mol. The maximum Gasteiger partial charge on any atom is 0.147 e. The predicted octanol–water partition coefficient (Wildman–Crippen LogP) is 17.4. The molecule has 494 valence electrons. The fourth-order valence-corrected chi connectivity index (χ4v) is 12.8. The van der Waals surface area contributed by atoms with E-state index >= 15 is 0 Å². The molecule has 0 unspecified atom stereocenters. The van der Waals surface area contributed by atoms with Crippen molar-refractivity contribution in [1.82, 2.24) is 72.3 Å². The van der Waals surface area contributed by atoms with Gasteiger partial charge in [0, 0.05) is 60.4 Å². The third-order valence-corrected chi connectivity index (χ3v) is 21.7. The van der Waals surface area contributed by atoms with Gasteiger partial charge in [0.25, 0.3) is 0 Å². The van der Waals surface area contributed by atoms with Crippen molar-refractivity contribution in [2.24, 2.45) is 49.3 Å². The van der Waals surface area contributed by atoms with E-state index < -0.39 is 0 Å². The molecule has 12 aromatic rings. The van der Waals surface area contributed by atoms with Crippen molar-refractivity contribution in [3.8, 4) is 0 Å². The summed E-state index contributed by atoms with van der Waals surface area (Å²) in [6.07, 6.45) is 0. The van der Waals surface area contributed by atoms with Gasteiger partial charge in [0.05, 0.1) is 49.7 Å². The van der Waals surface area contributed by atoms with E-state index in [0.29, 0.717) is 0 Å². The molecule has 0 radical (unpaired) electrons. The van der Waals surface area contributed by atoms with Crippen LogP contribution >= 0.6 is 0 Å². The monoisotopic (exact) mass is 1250 g/mol. The second-order valence-corrected chi connectivity index (χ2v) is 26.3. The highest BCUT2D eigenvalue weighted by Crippen LogP contribution is 2.36. The fraction of sp³-hybridized carbons (Fsp3) is 0.481. The van der Waals surface area contributed by atoms with Crippen LogP contribution in [0.4, 0.5) is 0 Å². The third kappa shape index (κ3) is 13.2. The van der Waals surface area contributed by atoms with Crippen molar-refractivity contribution < 1.29 is 0 Å². The van der Waals surface area contributed by atoms with E-state index in [1.165, 1.54) is 155 Å². The van der Waals surface area contributed by atoms with Crippen LogP contribution < -0.4 is 0 Å². The largest absolute Gasteiger partial charge is 0.347 e. The Morgan fingerprint density at radius 1 is 0.196 bits per heavy atom. The molecule has 0 aliphatic rings. The molecule has 5 aromatic carbocycles. The lowest BCUT2D eigenvalue weighted by Gasteiger charge is -2.12. The Balaban J connectivity index is 0.000000173. The Morgan fingerprint density at radius 2 is 0.435 bits per heavy atom. The van der Waals surface area contributed by atoms with E-state index in [9.17, 15) is 0 Å². The molecule has 7 aromatic heterocycles. The summed E-state index contributed by atoms with van der Waals surface area (Å²) in [4.78, 5) is 22.6. The molecule has 0 saturated carbocycles. The zero-order valence-corrected chi connectivity index (χ0v) is 63.7. The van der Waals surface area contributed by atoms with Gasteiger partial charge in [0.2, 0.25) is 0 Å². The van der Waals surface area contributed by atoms with Crippen LogP contribution in [0.15, 0.2) is 0 Å². The van der Waals surface area contributed by atoms with Crippen LogP contribution in [0.3, 0.4) is 0 Å². The van der Waals surface area contributed by atoms with Crippen molar-refractivity contribution in [2.45, 2.75) is 208 Å². The first-order valence-corrected chi connectivity index (χ1v) is 32.3. The molecule has 0 N–H and O–H groups in total. The average molecular weight is 1250 g/mol. The van der Waals surface area contributed by atoms with E-state index in [1.54, 1.807) is 4.68 Å². The smallest absolute Gasteiger partial charge is 0.147 e. The number of hydrogen-bond acceptors (Lipinski definition) is 8. The van der Waals surface area contributed by atoms with Gasteiger partial charge in [0.1, 0.15) is 46.6 Å². The molecule has 0 saturated heterocycles. The summed E-state index contributed by atoms with van der Waals surface area (Å²) in [6.45, 7) is 64.2. The summed E-state index contributed by atoms with van der Waals surface area (Å²) in [7, 11) is 14.4. The minimum atomic E-state index is 0.838. The lowest BCUT2D eigenvalue weighted by molar-refractivity contribution is 0.728. The van der Waals surface area contributed by atoms with Gasteiger partial charge in [-0.1, -0.05) is 0 Å². The first-order valence-electron chi connectivity index (χ1n) is 32.3. The lowest BCUT2D eigenvalue weighted by atomic mass is 9.94. The normalized spacial score (nSPS) is 11.1. The van der Waals surface area contributed by atoms with Crippen LogP contribution in [0.5, 0.6) is 0 Å². The number of aromatic nitrogens is 15. The number of fused-ring (bicyclic) bond motifs is 5. The fourth-order valence-electron chi connectivity index (χ4n) is 12.8. The number of hydrogen-bond donors (Lipinski definition) is 0. The van der Waals surface area contributed by atoms with Crippen molar-refractivity contribution in [1.29, 1.82) is 0 Å². The molecule has 0 spiro atoms. The summed E-state index contributed by atoms with van der Waals surface area (Å²) in [5.41, 5.74) is 41.5. The lowest BCUT2D eigenvalue weighted by Crippen LogP contribution is -1.97. The quantitative estimate of drug-likeness (QED) is 0.146. The number of rotatable bonds is 0. The number of aryl methyl sites for hydroxylation is 25. The molecule has 15 nitrogen and oxygen atoms in total. The summed E-state index contributed by atoms with van der Waals surface area (Å²) in [6, 6.07) is 0. The summed E-state index contributed by atoms with van der Waals surface area (Å²) in [5.74, 6) is 8.06. The number of nitrogens with zero attached hydrogens (tertiary/aromatic N) is 15. The molecular weight excluding hydrogens is 1130 g/mol. The van der Waals surface area contributed by atoms with E-state index in [-0.39, 0.29) is 0 Å². The molecule has 12 rings (SSSR count). The molecule has 0 amide bonds. The zero-order valence-electron chi connectivity index (χ0n) is 63.7. The minimum Gasteiger partial charge on any atom is -0.347 e. The summed E-state index contributed by atoms with van der Waals surface area (Å²) in [5, 5.41) is 13.1. The van der Waals surface area contributed by atoms with E-state index in [2.05, 4.69) is 278 Å².